The zero-order chi connectivity index (χ0) is 18.2. The van der Waals surface area contributed by atoms with Crippen molar-refractivity contribution in [2.45, 2.75) is 39.7 Å². The lowest BCUT2D eigenvalue weighted by Gasteiger charge is -2.31. The van der Waals surface area contributed by atoms with Crippen molar-refractivity contribution in [3.63, 3.8) is 0 Å². The number of anilines is 1. The second kappa shape index (κ2) is 9.30. The van der Waals surface area contributed by atoms with Crippen LogP contribution in [0.4, 0.5) is 5.69 Å². The Labute approximate surface area is 149 Å². The number of hydrogen-bond acceptors (Lipinski definition) is 5. The first kappa shape index (κ1) is 19.1. The number of piperidine rings is 1. The molecule has 1 amide bonds. The van der Waals surface area contributed by atoms with Crippen molar-refractivity contribution in [2.75, 3.05) is 31.6 Å². The molecule has 0 unspecified atom stereocenters. The highest BCUT2D eigenvalue weighted by atomic mass is 16.5. The smallest absolute Gasteiger partial charge is 0.309 e. The molecule has 0 atom stereocenters. The maximum atomic E-state index is 12.3. The average molecular weight is 348 g/mol. The molecule has 0 spiro atoms. The minimum atomic E-state index is -0.142. The fraction of sp³-hybridized carbons (Fsp3) is 0.579. The SMILES string of the molecule is CCOC(=O)C1CCN(C(=O)CNc2ccc(OC(C)C)cc2)CC1. The van der Waals surface area contributed by atoms with Crippen LogP contribution in [0.15, 0.2) is 24.3 Å². The number of esters is 1. The number of ether oxygens (including phenoxy) is 2. The maximum Gasteiger partial charge on any atom is 0.309 e. The number of carbonyl (C=O) groups excluding carboxylic acids is 2. The molecule has 2 rings (SSSR count). The molecule has 138 valence electrons. The number of carbonyl (C=O) groups is 2. The molecule has 0 aliphatic carbocycles. The Bertz CT molecular complexity index is 563. The summed E-state index contributed by atoms with van der Waals surface area (Å²) in [6.07, 6.45) is 1.48. The van der Waals surface area contributed by atoms with Crippen molar-refractivity contribution >= 4 is 17.6 Å². The third-order valence-electron chi connectivity index (χ3n) is 4.14. The van der Waals surface area contributed by atoms with Crippen molar-refractivity contribution in [3.8, 4) is 5.75 Å². The Morgan fingerprint density at radius 1 is 1.20 bits per heavy atom. The van der Waals surface area contributed by atoms with E-state index in [1.54, 1.807) is 4.90 Å². The average Bonchev–Trinajstić information content (AvgIpc) is 2.61. The van der Waals surface area contributed by atoms with E-state index in [0.717, 1.165) is 11.4 Å². The largest absolute Gasteiger partial charge is 0.491 e. The summed E-state index contributed by atoms with van der Waals surface area (Å²) in [6, 6.07) is 7.57. The predicted octanol–water partition coefficient (Wildman–Crippen LogP) is 2.69. The topological polar surface area (TPSA) is 67.9 Å². The third-order valence-corrected chi connectivity index (χ3v) is 4.14. The van der Waals surface area contributed by atoms with Gasteiger partial charge in [0, 0.05) is 18.8 Å². The number of likely N-dealkylation sites (tertiary alicyclic amines) is 1. The van der Waals surface area contributed by atoms with Gasteiger partial charge >= 0.3 is 5.97 Å². The summed E-state index contributed by atoms with van der Waals surface area (Å²) < 4.78 is 10.6. The zero-order valence-electron chi connectivity index (χ0n) is 15.3. The maximum absolute atomic E-state index is 12.3. The number of rotatable bonds is 7. The molecule has 0 saturated carbocycles. The summed E-state index contributed by atoms with van der Waals surface area (Å²) in [5.74, 6) is 0.639. The highest BCUT2D eigenvalue weighted by Gasteiger charge is 2.27. The molecule has 1 aliphatic heterocycles. The minimum absolute atomic E-state index is 0.0461. The summed E-state index contributed by atoms with van der Waals surface area (Å²) in [5, 5.41) is 3.14. The Hall–Kier alpha value is -2.24. The van der Waals surface area contributed by atoms with Gasteiger partial charge in [-0.3, -0.25) is 9.59 Å². The monoisotopic (exact) mass is 348 g/mol. The van der Waals surface area contributed by atoms with Crippen LogP contribution in [-0.2, 0) is 14.3 Å². The molecule has 1 saturated heterocycles. The molecule has 1 heterocycles. The Balaban J connectivity index is 1.75. The van der Waals surface area contributed by atoms with Gasteiger partial charge in [-0.1, -0.05) is 0 Å². The van der Waals surface area contributed by atoms with E-state index >= 15 is 0 Å². The van der Waals surface area contributed by atoms with Crippen LogP contribution in [0.3, 0.4) is 0 Å². The normalized spacial score (nSPS) is 15.1. The molecule has 25 heavy (non-hydrogen) atoms. The van der Waals surface area contributed by atoms with E-state index in [0.29, 0.717) is 32.5 Å². The van der Waals surface area contributed by atoms with E-state index < -0.39 is 0 Å². The molecule has 0 aromatic heterocycles. The molecule has 6 nitrogen and oxygen atoms in total. The Morgan fingerprint density at radius 2 is 1.84 bits per heavy atom. The summed E-state index contributed by atoms with van der Waals surface area (Å²) in [6.45, 7) is 7.63. The van der Waals surface area contributed by atoms with E-state index in [1.165, 1.54) is 0 Å². The van der Waals surface area contributed by atoms with Gasteiger partial charge in [-0.15, -0.1) is 0 Å². The molecule has 1 aromatic rings. The van der Waals surface area contributed by atoms with Crippen molar-refractivity contribution in [2.24, 2.45) is 5.92 Å². The fourth-order valence-corrected chi connectivity index (χ4v) is 2.84. The molecule has 1 aliphatic rings. The van der Waals surface area contributed by atoms with Gasteiger partial charge in [0.05, 0.1) is 25.2 Å². The van der Waals surface area contributed by atoms with Gasteiger partial charge in [0.25, 0.3) is 0 Å². The van der Waals surface area contributed by atoms with Crippen LogP contribution in [0.2, 0.25) is 0 Å². The molecule has 0 bridgehead atoms. The zero-order valence-corrected chi connectivity index (χ0v) is 15.3. The molecular weight excluding hydrogens is 320 g/mol. The van der Waals surface area contributed by atoms with Gasteiger partial charge in [-0.25, -0.2) is 0 Å². The molecule has 1 N–H and O–H groups in total. The highest BCUT2D eigenvalue weighted by molar-refractivity contribution is 5.81. The van der Waals surface area contributed by atoms with E-state index in [4.69, 9.17) is 9.47 Å². The van der Waals surface area contributed by atoms with Crippen LogP contribution >= 0.6 is 0 Å². The van der Waals surface area contributed by atoms with Crippen LogP contribution in [-0.4, -0.2) is 49.1 Å². The van der Waals surface area contributed by atoms with E-state index in [2.05, 4.69) is 5.32 Å². The van der Waals surface area contributed by atoms with Crippen LogP contribution in [0.25, 0.3) is 0 Å². The van der Waals surface area contributed by atoms with Gasteiger partial charge in [0.2, 0.25) is 5.91 Å². The van der Waals surface area contributed by atoms with E-state index in [1.807, 2.05) is 45.0 Å². The second-order valence-corrected chi connectivity index (χ2v) is 6.45. The third kappa shape index (κ3) is 5.96. The quantitative estimate of drug-likeness (QED) is 0.768. The van der Waals surface area contributed by atoms with Crippen LogP contribution < -0.4 is 10.1 Å². The number of amides is 1. The Kier molecular flexibility index (Phi) is 7.10. The van der Waals surface area contributed by atoms with Crippen molar-refractivity contribution in [3.05, 3.63) is 24.3 Å². The number of benzene rings is 1. The van der Waals surface area contributed by atoms with Gasteiger partial charge in [0.1, 0.15) is 5.75 Å². The van der Waals surface area contributed by atoms with Gasteiger partial charge < -0.3 is 19.7 Å². The molecular formula is C19H28N2O4. The summed E-state index contributed by atoms with van der Waals surface area (Å²) in [4.78, 5) is 25.8. The Morgan fingerprint density at radius 3 is 2.40 bits per heavy atom. The van der Waals surface area contributed by atoms with Crippen LogP contribution in [0.5, 0.6) is 5.75 Å². The highest BCUT2D eigenvalue weighted by Crippen LogP contribution is 2.20. The predicted molar refractivity (Wildman–Crippen MR) is 96.6 cm³/mol. The van der Waals surface area contributed by atoms with E-state index in [9.17, 15) is 9.59 Å². The number of nitrogens with one attached hydrogen (secondary N) is 1. The lowest BCUT2D eigenvalue weighted by Crippen LogP contribution is -2.43. The number of hydrogen-bond donors (Lipinski definition) is 1. The van der Waals surface area contributed by atoms with Crippen molar-refractivity contribution < 1.29 is 19.1 Å². The molecule has 6 heteroatoms. The lowest BCUT2D eigenvalue weighted by atomic mass is 9.97. The molecule has 1 fully saturated rings. The first-order valence-corrected chi connectivity index (χ1v) is 8.94. The summed E-state index contributed by atoms with van der Waals surface area (Å²) in [5.41, 5.74) is 0.880. The first-order chi connectivity index (χ1) is 12.0. The van der Waals surface area contributed by atoms with Gasteiger partial charge in [-0.2, -0.15) is 0 Å². The lowest BCUT2D eigenvalue weighted by molar-refractivity contribution is -0.151. The summed E-state index contributed by atoms with van der Waals surface area (Å²) in [7, 11) is 0. The van der Waals surface area contributed by atoms with Crippen molar-refractivity contribution in [1.29, 1.82) is 0 Å². The van der Waals surface area contributed by atoms with Crippen molar-refractivity contribution in [1.82, 2.24) is 4.90 Å². The molecule has 0 radical (unpaired) electrons. The van der Waals surface area contributed by atoms with Gasteiger partial charge in [-0.05, 0) is 57.9 Å². The number of nitrogens with zero attached hydrogens (tertiary/aromatic N) is 1. The first-order valence-electron chi connectivity index (χ1n) is 8.94. The molecule has 1 aromatic carbocycles. The second-order valence-electron chi connectivity index (χ2n) is 6.45. The standard InChI is InChI=1S/C19H28N2O4/c1-4-24-19(23)15-9-11-21(12-10-15)18(22)13-20-16-5-7-17(8-6-16)25-14(2)3/h5-8,14-15,20H,4,9-13H2,1-3H3. The van der Waals surface area contributed by atoms with E-state index in [-0.39, 0.29) is 30.4 Å². The van der Waals surface area contributed by atoms with Crippen LogP contribution in [0, 0.1) is 5.92 Å². The summed E-state index contributed by atoms with van der Waals surface area (Å²) >= 11 is 0. The van der Waals surface area contributed by atoms with Crippen LogP contribution in [0.1, 0.15) is 33.6 Å². The van der Waals surface area contributed by atoms with Gasteiger partial charge in [0.15, 0.2) is 0 Å². The fourth-order valence-electron chi connectivity index (χ4n) is 2.84. The minimum Gasteiger partial charge on any atom is -0.491 e.